The summed E-state index contributed by atoms with van der Waals surface area (Å²) >= 11 is 6.12. The van der Waals surface area contributed by atoms with Crippen LogP contribution in [0.5, 0.6) is 0 Å². The lowest BCUT2D eigenvalue weighted by Crippen LogP contribution is -2.47. The fraction of sp³-hybridized carbons (Fsp3) is 0.636. The second-order valence-corrected chi connectivity index (χ2v) is 9.27. The number of carbonyl (C=O) groups is 2. The van der Waals surface area contributed by atoms with Crippen molar-refractivity contribution in [3.63, 3.8) is 0 Å². The Morgan fingerprint density at radius 1 is 1.12 bits per heavy atom. The molecule has 32 heavy (non-hydrogen) atoms. The lowest BCUT2D eigenvalue weighted by molar-refractivity contribution is -0.137. The number of benzene rings is 1. The van der Waals surface area contributed by atoms with E-state index < -0.39 is 0 Å². The van der Waals surface area contributed by atoms with Gasteiger partial charge in [0.2, 0.25) is 11.8 Å². The lowest BCUT2D eigenvalue weighted by Gasteiger charge is -2.37. The van der Waals surface area contributed by atoms with Gasteiger partial charge in [-0.05, 0) is 43.9 Å². The van der Waals surface area contributed by atoms with Gasteiger partial charge in [-0.2, -0.15) is 0 Å². The second-order valence-electron chi connectivity index (χ2n) is 8.84. The Morgan fingerprint density at radius 2 is 1.81 bits per heavy atom. The van der Waals surface area contributed by atoms with Gasteiger partial charge in [-0.15, -0.1) is 24.8 Å². The largest absolute Gasteiger partial charge is 0.369 e. The van der Waals surface area contributed by atoms with Crippen molar-refractivity contribution in [3.8, 4) is 0 Å². The topological polar surface area (TPSA) is 81.9 Å². The highest BCUT2D eigenvalue weighted by Crippen LogP contribution is 2.41. The Hall–Kier alpha value is -1.25. The first-order valence-corrected chi connectivity index (χ1v) is 11.4. The molecule has 4 rings (SSSR count). The first-order valence-electron chi connectivity index (χ1n) is 11.0. The number of hydrogen-bond acceptors (Lipinski definition) is 5. The highest BCUT2D eigenvalue weighted by molar-refractivity contribution is 6.30. The number of rotatable bonds is 5. The fourth-order valence-electron chi connectivity index (χ4n) is 5.11. The molecule has 3 fully saturated rings. The number of nitrogens with two attached hydrogens (primary N) is 1. The zero-order chi connectivity index (χ0) is 21.1. The molecule has 0 radical (unpaired) electrons. The van der Waals surface area contributed by atoms with Crippen LogP contribution < -0.4 is 16.0 Å². The molecule has 0 aromatic heterocycles. The summed E-state index contributed by atoms with van der Waals surface area (Å²) in [6.07, 6.45) is 3.37. The number of piperidine rings is 1. The second kappa shape index (κ2) is 11.7. The maximum Gasteiger partial charge on any atom is 0.236 e. The number of anilines is 1. The molecule has 3 heterocycles. The molecule has 3 N–H and O–H groups in total. The summed E-state index contributed by atoms with van der Waals surface area (Å²) in [5.74, 6) is 0.162. The molecule has 3 aliphatic rings. The van der Waals surface area contributed by atoms with Crippen molar-refractivity contribution < 1.29 is 9.59 Å². The molecular formula is C22H34Cl3N5O2. The lowest BCUT2D eigenvalue weighted by atomic mass is 9.75. The third kappa shape index (κ3) is 6.00. The number of halogens is 3. The van der Waals surface area contributed by atoms with Gasteiger partial charge in [0.25, 0.3) is 0 Å². The van der Waals surface area contributed by atoms with Gasteiger partial charge in [-0.1, -0.05) is 17.7 Å². The minimum Gasteiger partial charge on any atom is -0.369 e. The van der Waals surface area contributed by atoms with Crippen LogP contribution in [0.4, 0.5) is 5.69 Å². The van der Waals surface area contributed by atoms with E-state index in [9.17, 15) is 9.59 Å². The number of likely N-dealkylation sites (tertiary alicyclic amines) is 1. The van der Waals surface area contributed by atoms with E-state index >= 15 is 0 Å². The van der Waals surface area contributed by atoms with Gasteiger partial charge in [0, 0.05) is 62.6 Å². The molecule has 0 bridgehead atoms. The third-order valence-corrected chi connectivity index (χ3v) is 7.28. The van der Waals surface area contributed by atoms with Crippen molar-refractivity contribution >= 4 is 53.9 Å². The summed E-state index contributed by atoms with van der Waals surface area (Å²) in [5, 5.41) is 4.01. The number of nitrogens with one attached hydrogen (secondary N) is 1. The molecule has 1 aromatic carbocycles. The van der Waals surface area contributed by atoms with Crippen LogP contribution in [0.1, 0.15) is 25.7 Å². The van der Waals surface area contributed by atoms with Crippen molar-refractivity contribution in [3.05, 3.63) is 29.3 Å². The smallest absolute Gasteiger partial charge is 0.236 e. The average molecular weight is 507 g/mol. The minimum atomic E-state index is -0.290. The highest BCUT2D eigenvalue weighted by atomic mass is 35.5. The van der Waals surface area contributed by atoms with Crippen LogP contribution in [0.2, 0.25) is 5.02 Å². The van der Waals surface area contributed by atoms with E-state index in [1.807, 2.05) is 18.2 Å². The molecule has 0 aliphatic carbocycles. The van der Waals surface area contributed by atoms with Gasteiger partial charge in [0.15, 0.2) is 0 Å². The number of carbonyl (C=O) groups excluding carboxylic acids is 2. The molecule has 3 saturated heterocycles. The molecule has 1 atom stereocenters. The number of nitrogens with zero attached hydrogens (tertiary/aromatic N) is 3. The van der Waals surface area contributed by atoms with Crippen molar-refractivity contribution in [2.24, 2.45) is 11.1 Å². The zero-order valence-electron chi connectivity index (χ0n) is 18.3. The Labute approximate surface area is 207 Å². The standard InChI is InChI=1S/C22H32ClN5O2.2ClH/c23-17-2-1-3-19(14-17)27-12-10-26(11-13-27)7-4-18-15-22(21(30)25-18)5-8-28(9-6-22)20(29)16-24;;/h1-3,14,18H,4-13,15-16,24H2,(H,25,30);2*1H. The Morgan fingerprint density at radius 3 is 2.44 bits per heavy atom. The van der Waals surface area contributed by atoms with Gasteiger partial charge in [0.05, 0.1) is 12.0 Å². The molecule has 7 nitrogen and oxygen atoms in total. The fourth-order valence-corrected chi connectivity index (χ4v) is 5.30. The van der Waals surface area contributed by atoms with Crippen LogP contribution in [0.15, 0.2) is 24.3 Å². The summed E-state index contributed by atoms with van der Waals surface area (Å²) in [6, 6.07) is 8.28. The Balaban J connectivity index is 0.00000181. The Kier molecular flexibility index (Phi) is 9.91. The quantitative estimate of drug-likeness (QED) is 0.639. The van der Waals surface area contributed by atoms with Crippen molar-refractivity contribution in [2.45, 2.75) is 31.7 Å². The molecular weight excluding hydrogens is 473 g/mol. The van der Waals surface area contributed by atoms with E-state index in [0.29, 0.717) is 13.1 Å². The molecule has 1 aromatic rings. The first-order chi connectivity index (χ1) is 14.5. The molecule has 1 spiro atoms. The number of hydrogen-bond donors (Lipinski definition) is 2. The summed E-state index contributed by atoms with van der Waals surface area (Å²) in [4.78, 5) is 31.2. The van der Waals surface area contributed by atoms with Crippen LogP contribution in [0.3, 0.4) is 0 Å². The predicted molar refractivity (Wildman–Crippen MR) is 133 cm³/mol. The van der Waals surface area contributed by atoms with E-state index in [4.69, 9.17) is 17.3 Å². The van der Waals surface area contributed by atoms with E-state index in [2.05, 4.69) is 21.2 Å². The summed E-state index contributed by atoms with van der Waals surface area (Å²) in [5.41, 5.74) is 6.37. The molecule has 0 saturated carbocycles. The number of piperazine rings is 1. The minimum absolute atomic E-state index is 0. The highest BCUT2D eigenvalue weighted by Gasteiger charge is 2.48. The van der Waals surface area contributed by atoms with Crippen LogP contribution in [-0.2, 0) is 9.59 Å². The van der Waals surface area contributed by atoms with Crippen molar-refractivity contribution in [1.29, 1.82) is 0 Å². The third-order valence-electron chi connectivity index (χ3n) is 7.04. The van der Waals surface area contributed by atoms with Gasteiger partial charge in [0.1, 0.15) is 0 Å². The SMILES string of the molecule is Cl.Cl.NCC(=O)N1CCC2(CC1)CC(CCN1CCN(c3cccc(Cl)c3)CC1)NC2=O. The monoisotopic (exact) mass is 505 g/mol. The van der Waals surface area contributed by atoms with Crippen LogP contribution in [0.25, 0.3) is 0 Å². The summed E-state index contributed by atoms with van der Waals surface area (Å²) in [7, 11) is 0. The van der Waals surface area contributed by atoms with Gasteiger partial charge in [-0.3, -0.25) is 14.5 Å². The van der Waals surface area contributed by atoms with Crippen LogP contribution in [-0.4, -0.2) is 80.0 Å². The zero-order valence-corrected chi connectivity index (χ0v) is 20.7. The molecule has 2 amide bonds. The van der Waals surface area contributed by atoms with E-state index in [1.54, 1.807) is 4.90 Å². The van der Waals surface area contributed by atoms with Gasteiger partial charge < -0.3 is 20.9 Å². The molecule has 1 unspecified atom stereocenters. The van der Waals surface area contributed by atoms with E-state index in [-0.39, 0.29) is 54.6 Å². The van der Waals surface area contributed by atoms with Crippen LogP contribution >= 0.6 is 36.4 Å². The van der Waals surface area contributed by atoms with Gasteiger partial charge in [-0.25, -0.2) is 0 Å². The predicted octanol–water partition coefficient (Wildman–Crippen LogP) is 2.15. The summed E-state index contributed by atoms with van der Waals surface area (Å²) in [6.45, 7) is 6.36. The maximum atomic E-state index is 12.7. The molecule has 180 valence electrons. The Bertz CT molecular complexity index is 781. The van der Waals surface area contributed by atoms with Crippen LogP contribution in [0, 0.1) is 5.41 Å². The normalized spacial score (nSPS) is 22.8. The van der Waals surface area contributed by atoms with Gasteiger partial charge >= 0.3 is 0 Å². The van der Waals surface area contributed by atoms with E-state index in [0.717, 1.165) is 63.4 Å². The van der Waals surface area contributed by atoms with Crippen molar-refractivity contribution in [2.75, 3.05) is 57.3 Å². The number of amides is 2. The molecule has 10 heteroatoms. The maximum absolute atomic E-state index is 12.7. The van der Waals surface area contributed by atoms with Crippen molar-refractivity contribution in [1.82, 2.24) is 15.1 Å². The average Bonchev–Trinajstić information content (AvgIpc) is 3.07. The first kappa shape index (κ1) is 27.0. The molecule has 3 aliphatic heterocycles. The van der Waals surface area contributed by atoms with E-state index in [1.165, 1.54) is 5.69 Å². The summed E-state index contributed by atoms with van der Waals surface area (Å²) < 4.78 is 0.